The average molecular weight is 422 g/mol. The summed E-state index contributed by atoms with van der Waals surface area (Å²) in [4.78, 5) is 14.6. The van der Waals surface area contributed by atoms with Crippen molar-refractivity contribution < 1.29 is 13.2 Å². The molecule has 0 bridgehead atoms. The van der Waals surface area contributed by atoms with Gasteiger partial charge in [0.2, 0.25) is 10.0 Å². The molecule has 1 heterocycles. The first-order valence-corrected chi connectivity index (χ1v) is 10.9. The summed E-state index contributed by atoms with van der Waals surface area (Å²) in [5.41, 5.74) is 2.36. The van der Waals surface area contributed by atoms with Crippen molar-refractivity contribution in [3.63, 3.8) is 0 Å². The molecule has 28 heavy (non-hydrogen) atoms. The number of hydrogen-bond donors (Lipinski definition) is 1. The quantitative estimate of drug-likeness (QED) is 0.805. The van der Waals surface area contributed by atoms with E-state index in [4.69, 9.17) is 11.6 Å². The Kier molecular flexibility index (Phi) is 6.40. The minimum atomic E-state index is -3.75. The van der Waals surface area contributed by atoms with Crippen LogP contribution in [0.1, 0.15) is 21.5 Å². The highest BCUT2D eigenvalue weighted by Gasteiger charge is 2.30. The van der Waals surface area contributed by atoms with Crippen LogP contribution in [-0.2, 0) is 16.6 Å². The lowest BCUT2D eigenvalue weighted by Crippen LogP contribution is -2.47. The number of carbonyl (C=O) groups is 1. The van der Waals surface area contributed by atoms with Gasteiger partial charge >= 0.3 is 0 Å². The van der Waals surface area contributed by atoms with Crippen molar-refractivity contribution in [3.05, 3.63) is 64.2 Å². The third-order valence-electron chi connectivity index (χ3n) is 4.97. The van der Waals surface area contributed by atoms with Gasteiger partial charge in [-0.3, -0.25) is 4.79 Å². The first kappa shape index (κ1) is 20.8. The molecular weight excluding hydrogens is 398 g/mol. The molecule has 0 atom stereocenters. The van der Waals surface area contributed by atoms with Gasteiger partial charge in [-0.15, -0.1) is 0 Å². The van der Waals surface area contributed by atoms with Gasteiger partial charge in [-0.25, -0.2) is 8.42 Å². The molecule has 0 radical (unpaired) electrons. The standard InChI is InChI=1S/C20H24ClN3O3S/c1-15-5-3-4-6-17(15)14-22-20(25)16-7-8-18(21)19(13-16)28(26,27)24-11-9-23(2)10-12-24/h3-8,13H,9-12,14H2,1-2H3,(H,22,25). The topological polar surface area (TPSA) is 69.7 Å². The molecule has 150 valence electrons. The fraction of sp³-hybridized carbons (Fsp3) is 0.350. The zero-order valence-corrected chi connectivity index (χ0v) is 17.6. The Morgan fingerprint density at radius 3 is 2.46 bits per heavy atom. The summed E-state index contributed by atoms with van der Waals surface area (Å²) in [5.74, 6) is -0.338. The number of nitrogens with zero attached hydrogens (tertiary/aromatic N) is 2. The highest BCUT2D eigenvalue weighted by atomic mass is 35.5. The average Bonchev–Trinajstić information content (AvgIpc) is 2.67. The van der Waals surface area contributed by atoms with E-state index in [-0.39, 0.29) is 21.4 Å². The smallest absolute Gasteiger partial charge is 0.251 e. The van der Waals surface area contributed by atoms with Gasteiger partial charge in [-0.05, 0) is 43.3 Å². The molecule has 2 aromatic carbocycles. The van der Waals surface area contributed by atoms with Gasteiger partial charge in [0.15, 0.2) is 0 Å². The number of sulfonamides is 1. The molecule has 1 aliphatic rings. The predicted molar refractivity (Wildman–Crippen MR) is 110 cm³/mol. The van der Waals surface area contributed by atoms with E-state index < -0.39 is 10.0 Å². The highest BCUT2D eigenvalue weighted by Crippen LogP contribution is 2.26. The molecule has 1 fully saturated rings. The molecule has 2 aromatic rings. The number of hydrogen-bond acceptors (Lipinski definition) is 4. The third-order valence-corrected chi connectivity index (χ3v) is 7.35. The summed E-state index contributed by atoms with van der Waals surface area (Å²) in [6.07, 6.45) is 0. The van der Waals surface area contributed by atoms with Crippen LogP contribution in [0, 0.1) is 6.92 Å². The van der Waals surface area contributed by atoms with E-state index in [1.807, 2.05) is 38.2 Å². The maximum Gasteiger partial charge on any atom is 0.251 e. The SMILES string of the molecule is Cc1ccccc1CNC(=O)c1ccc(Cl)c(S(=O)(=O)N2CCN(C)CC2)c1. The van der Waals surface area contributed by atoms with E-state index in [2.05, 4.69) is 10.2 Å². The van der Waals surface area contributed by atoms with E-state index >= 15 is 0 Å². The fourth-order valence-corrected chi connectivity index (χ4v) is 5.02. The third kappa shape index (κ3) is 4.55. The van der Waals surface area contributed by atoms with Crippen LogP contribution < -0.4 is 5.32 Å². The first-order valence-electron chi connectivity index (χ1n) is 9.10. The molecule has 0 spiro atoms. The zero-order chi connectivity index (χ0) is 20.3. The number of halogens is 1. The van der Waals surface area contributed by atoms with Crippen LogP contribution in [0.5, 0.6) is 0 Å². The van der Waals surface area contributed by atoms with Gasteiger partial charge in [0.1, 0.15) is 4.90 Å². The van der Waals surface area contributed by atoms with E-state index in [9.17, 15) is 13.2 Å². The van der Waals surface area contributed by atoms with Crippen molar-refractivity contribution in [2.75, 3.05) is 33.2 Å². The summed E-state index contributed by atoms with van der Waals surface area (Å²) < 4.78 is 27.4. The van der Waals surface area contributed by atoms with Crippen LogP contribution in [0.3, 0.4) is 0 Å². The van der Waals surface area contributed by atoms with E-state index in [1.165, 1.54) is 16.4 Å². The number of carbonyl (C=O) groups excluding carboxylic acids is 1. The van der Waals surface area contributed by atoms with Crippen molar-refractivity contribution in [2.45, 2.75) is 18.4 Å². The van der Waals surface area contributed by atoms with Gasteiger partial charge in [0, 0.05) is 38.3 Å². The minimum absolute atomic E-state index is 0.0257. The monoisotopic (exact) mass is 421 g/mol. The summed E-state index contributed by atoms with van der Waals surface area (Å²) >= 11 is 6.18. The van der Waals surface area contributed by atoms with Crippen LogP contribution in [0.2, 0.25) is 5.02 Å². The van der Waals surface area contributed by atoms with Gasteiger partial charge in [0.25, 0.3) is 5.91 Å². The highest BCUT2D eigenvalue weighted by molar-refractivity contribution is 7.89. The Balaban J connectivity index is 1.79. The van der Waals surface area contributed by atoms with E-state index in [0.717, 1.165) is 11.1 Å². The molecule has 3 rings (SSSR count). The Morgan fingerprint density at radius 1 is 1.11 bits per heavy atom. The molecule has 1 amide bonds. The van der Waals surface area contributed by atoms with Crippen LogP contribution >= 0.6 is 11.6 Å². The van der Waals surface area contributed by atoms with E-state index in [1.54, 1.807) is 6.07 Å². The van der Waals surface area contributed by atoms with Crippen molar-refractivity contribution in [2.24, 2.45) is 0 Å². The zero-order valence-electron chi connectivity index (χ0n) is 16.0. The Labute approximate surface area is 171 Å². The number of benzene rings is 2. The van der Waals surface area contributed by atoms with E-state index in [0.29, 0.717) is 32.7 Å². The molecule has 6 nitrogen and oxygen atoms in total. The van der Waals surface area contributed by atoms with Crippen molar-refractivity contribution >= 4 is 27.5 Å². The second-order valence-electron chi connectivity index (χ2n) is 6.96. The number of rotatable bonds is 5. The lowest BCUT2D eigenvalue weighted by molar-refractivity contribution is 0.0950. The minimum Gasteiger partial charge on any atom is -0.348 e. The molecule has 8 heteroatoms. The maximum absolute atomic E-state index is 13.0. The van der Waals surface area contributed by atoms with Gasteiger partial charge in [0.05, 0.1) is 5.02 Å². The van der Waals surface area contributed by atoms with Gasteiger partial charge in [-0.1, -0.05) is 35.9 Å². The van der Waals surface area contributed by atoms with Crippen LogP contribution in [-0.4, -0.2) is 56.8 Å². The number of aryl methyl sites for hydroxylation is 1. The summed E-state index contributed by atoms with van der Waals surface area (Å²) in [6.45, 7) is 4.47. The fourth-order valence-electron chi connectivity index (χ4n) is 3.10. The van der Waals surface area contributed by atoms with Crippen molar-refractivity contribution in [3.8, 4) is 0 Å². The lowest BCUT2D eigenvalue weighted by atomic mass is 10.1. The molecule has 0 unspecified atom stereocenters. The summed E-state index contributed by atoms with van der Waals surface area (Å²) in [5, 5.41) is 2.96. The molecule has 0 aliphatic carbocycles. The Hall–Kier alpha value is -1.93. The van der Waals surface area contributed by atoms with Crippen molar-refractivity contribution in [1.82, 2.24) is 14.5 Å². The van der Waals surface area contributed by atoms with Crippen LogP contribution in [0.4, 0.5) is 0 Å². The number of piperazine rings is 1. The van der Waals surface area contributed by atoms with Gasteiger partial charge in [-0.2, -0.15) is 4.31 Å². The Morgan fingerprint density at radius 2 is 1.79 bits per heavy atom. The largest absolute Gasteiger partial charge is 0.348 e. The molecule has 0 saturated carbocycles. The van der Waals surface area contributed by atoms with Crippen molar-refractivity contribution in [1.29, 1.82) is 0 Å². The normalized spacial score (nSPS) is 16.1. The first-order chi connectivity index (χ1) is 13.3. The second-order valence-corrected chi connectivity index (χ2v) is 9.28. The number of amides is 1. The molecule has 0 aromatic heterocycles. The summed E-state index contributed by atoms with van der Waals surface area (Å²) in [6, 6.07) is 12.1. The van der Waals surface area contributed by atoms with Crippen LogP contribution in [0.25, 0.3) is 0 Å². The molecule has 1 N–H and O–H groups in total. The predicted octanol–water partition coefficient (Wildman–Crippen LogP) is 2.51. The van der Waals surface area contributed by atoms with Crippen LogP contribution in [0.15, 0.2) is 47.4 Å². The maximum atomic E-state index is 13.0. The molecular formula is C20H24ClN3O3S. The number of nitrogens with one attached hydrogen (secondary N) is 1. The summed E-state index contributed by atoms with van der Waals surface area (Å²) in [7, 11) is -1.80. The lowest BCUT2D eigenvalue weighted by Gasteiger charge is -2.31. The van der Waals surface area contributed by atoms with Gasteiger partial charge < -0.3 is 10.2 Å². The number of likely N-dealkylation sites (N-methyl/N-ethyl adjacent to an activating group) is 1. The molecule has 1 aliphatic heterocycles. The molecule has 1 saturated heterocycles. The second kappa shape index (κ2) is 8.61. The Bertz CT molecular complexity index is 970.